The van der Waals surface area contributed by atoms with Gasteiger partial charge in [-0.1, -0.05) is 6.07 Å². The zero-order chi connectivity index (χ0) is 24.0. The molecular weight excluding hydrogens is 462 g/mol. The van der Waals surface area contributed by atoms with E-state index in [0.717, 1.165) is 18.5 Å². The van der Waals surface area contributed by atoms with Crippen molar-refractivity contribution in [2.45, 2.75) is 31.8 Å². The number of aryl methyl sites for hydroxylation is 1. The van der Waals surface area contributed by atoms with Crippen LogP contribution < -0.4 is 15.5 Å². The number of fused-ring (bicyclic) bond motifs is 1. The molecule has 0 radical (unpaired) electrons. The van der Waals surface area contributed by atoms with Gasteiger partial charge in [0.25, 0.3) is 0 Å². The summed E-state index contributed by atoms with van der Waals surface area (Å²) >= 11 is 0. The standard InChI is InChI=1S/C24H28F2N4O3S/c1-15-2-3-21(26)20-13-22(28-23(15)20)24(31)27-17-10-16(25)11-19(12-17)30-5-4-18(14-30)29-6-8-34(32,33)9-7-29/h2-3,10-12,18,22,28H,4-9,13-14H2,1H3,(H,27,31)/t18-,22?/m0/s1. The Labute approximate surface area is 198 Å². The number of carbonyl (C=O) groups is 1. The average Bonchev–Trinajstić information content (AvgIpc) is 3.45. The van der Waals surface area contributed by atoms with Crippen LogP contribution in [0.25, 0.3) is 0 Å². The summed E-state index contributed by atoms with van der Waals surface area (Å²) in [6.45, 7) is 4.32. The van der Waals surface area contributed by atoms with Crippen molar-refractivity contribution in [2.24, 2.45) is 0 Å². The maximum absolute atomic E-state index is 14.4. The van der Waals surface area contributed by atoms with Crippen molar-refractivity contribution >= 4 is 32.8 Å². The van der Waals surface area contributed by atoms with E-state index in [1.807, 2.05) is 6.92 Å². The fourth-order valence-corrected chi connectivity index (χ4v) is 6.38. The lowest BCUT2D eigenvalue weighted by Gasteiger charge is -2.32. The van der Waals surface area contributed by atoms with Crippen LogP contribution in [0.2, 0.25) is 0 Å². The fraction of sp³-hybridized carbons (Fsp3) is 0.458. The lowest BCUT2D eigenvalue weighted by Crippen LogP contribution is -2.47. The number of rotatable bonds is 4. The highest BCUT2D eigenvalue weighted by molar-refractivity contribution is 7.91. The van der Waals surface area contributed by atoms with Crippen molar-refractivity contribution in [2.75, 3.05) is 53.2 Å². The fourth-order valence-electron chi connectivity index (χ4n) is 5.15. The van der Waals surface area contributed by atoms with Gasteiger partial charge in [-0.25, -0.2) is 17.2 Å². The van der Waals surface area contributed by atoms with Gasteiger partial charge in [-0.2, -0.15) is 0 Å². The van der Waals surface area contributed by atoms with Crippen LogP contribution in [0.4, 0.5) is 25.8 Å². The molecule has 182 valence electrons. The Kier molecular flexibility index (Phi) is 5.97. The Bertz CT molecular complexity index is 1190. The van der Waals surface area contributed by atoms with E-state index in [2.05, 4.69) is 20.4 Å². The van der Waals surface area contributed by atoms with Crippen molar-refractivity contribution < 1.29 is 22.0 Å². The molecular formula is C24H28F2N4O3S. The minimum absolute atomic E-state index is 0.183. The molecule has 0 aromatic heterocycles. The highest BCUT2D eigenvalue weighted by Gasteiger charge is 2.33. The first kappa shape index (κ1) is 23.0. The highest BCUT2D eigenvalue weighted by Crippen LogP contribution is 2.32. The largest absolute Gasteiger partial charge is 0.373 e. The first-order valence-corrected chi connectivity index (χ1v) is 13.4. The maximum Gasteiger partial charge on any atom is 0.247 e. The van der Waals surface area contributed by atoms with E-state index in [-0.39, 0.29) is 35.7 Å². The molecule has 2 atom stereocenters. The van der Waals surface area contributed by atoms with Gasteiger partial charge in [0.15, 0.2) is 9.84 Å². The molecule has 3 heterocycles. The maximum atomic E-state index is 14.4. The van der Waals surface area contributed by atoms with E-state index in [9.17, 15) is 22.0 Å². The second kappa shape index (κ2) is 8.81. The van der Waals surface area contributed by atoms with Gasteiger partial charge in [0.1, 0.15) is 17.7 Å². The predicted octanol–water partition coefficient (Wildman–Crippen LogP) is 2.56. The molecule has 3 aliphatic heterocycles. The molecule has 2 aromatic rings. The molecule has 0 spiro atoms. The molecule has 5 rings (SSSR count). The third-order valence-corrected chi connectivity index (χ3v) is 8.69. The quantitative estimate of drug-likeness (QED) is 0.686. The molecule has 34 heavy (non-hydrogen) atoms. The average molecular weight is 491 g/mol. The van der Waals surface area contributed by atoms with Crippen molar-refractivity contribution in [1.82, 2.24) is 4.90 Å². The SMILES string of the molecule is Cc1ccc(F)c2c1NC(C(=O)Nc1cc(F)cc(N3CC[C@H](N4CCS(=O)(=O)CC4)C3)c1)C2. The van der Waals surface area contributed by atoms with Gasteiger partial charge in [0.2, 0.25) is 5.91 Å². The summed E-state index contributed by atoms with van der Waals surface area (Å²) in [7, 11) is -2.93. The summed E-state index contributed by atoms with van der Waals surface area (Å²) in [6.07, 6.45) is 1.10. The Morgan fingerprint density at radius 3 is 2.62 bits per heavy atom. The van der Waals surface area contributed by atoms with Gasteiger partial charge in [-0.05, 0) is 43.2 Å². The van der Waals surface area contributed by atoms with Gasteiger partial charge < -0.3 is 15.5 Å². The zero-order valence-electron chi connectivity index (χ0n) is 19.0. The zero-order valence-corrected chi connectivity index (χ0v) is 19.8. The van der Waals surface area contributed by atoms with Crippen LogP contribution in [0.15, 0.2) is 30.3 Å². The number of carbonyl (C=O) groups excluding carboxylic acids is 1. The van der Waals surface area contributed by atoms with Crippen LogP contribution in [0, 0.1) is 18.6 Å². The first-order valence-electron chi connectivity index (χ1n) is 11.5. The lowest BCUT2D eigenvalue weighted by molar-refractivity contribution is -0.116. The van der Waals surface area contributed by atoms with E-state index < -0.39 is 21.7 Å². The third-order valence-electron chi connectivity index (χ3n) is 7.08. The number of amides is 1. The highest BCUT2D eigenvalue weighted by atomic mass is 32.2. The third kappa shape index (κ3) is 4.61. The molecule has 1 amide bonds. The topological polar surface area (TPSA) is 81.8 Å². The molecule has 2 aromatic carbocycles. The predicted molar refractivity (Wildman–Crippen MR) is 128 cm³/mol. The molecule has 0 aliphatic carbocycles. The van der Waals surface area contributed by atoms with Crippen molar-refractivity contribution in [3.05, 3.63) is 53.1 Å². The van der Waals surface area contributed by atoms with Crippen LogP contribution in [-0.2, 0) is 21.1 Å². The molecule has 10 heteroatoms. The van der Waals surface area contributed by atoms with E-state index in [1.165, 1.54) is 18.2 Å². The molecule has 0 bridgehead atoms. The number of hydrogen-bond acceptors (Lipinski definition) is 6. The van der Waals surface area contributed by atoms with E-state index >= 15 is 0 Å². The summed E-state index contributed by atoms with van der Waals surface area (Å²) in [5, 5.41) is 5.87. The van der Waals surface area contributed by atoms with Crippen molar-refractivity contribution in [3.8, 4) is 0 Å². The molecule has 1 unspecified atom stereocenters. The lowest BCUT2D eigenvalue weighted by atomic mass is 10.1. The Morgan fingerprint density at radius 1 is 1.12 bits per heavy atom. The number of nitrogens with one attached hydrogen (secondary N) is 2. The van der Waals surface area contributed by atoms with Crippen LogP contribution in [0.5, 0.6) is 0 Å². The Hall–Kier alpha value is -2.72. The Morgan fingerprint density at radius 2 is 1.88 bits per heavy atom. The number of anilines is 3. The van der Waals surface area contributed by atoms with Gasteiger partial charge in [-0.15, -0.1) is 0 Å². The van der Waals surface area contributed by atoms with Gasteiger partial charge in [0.05, 0.1) is 11.5 Å². The number of sulfone groups is 1. The monoisotopic (exact) mass is 490 g/mol. The molecule has 2 saturated heterocycles. The molecule has 7 nitrogen and oxygen atoms in total. The van der Waals surface area contributed by atoms with Crippen LogP contribution in [-0.4, -0.2) is 69.0 Å². The summed E-state index contributed by atoms with van der Waals surface area (Å²) in [5.74, 6) is -0.777. The van der Waals surface area contributed by atoms with E-state index in [4.69, 9.17) is 0 Å². The molecule has 2 N–H and O–H groups in total. The second-order valence-electron chi connectivity index (χ2n) is 9.38. The minimum atomic E-state index is -2.93. The molecule has 0 saturated carbocycles. The first-order chi connectivity index (χ1) is 16.2. The normalized spacial score (nSPS) is 24.0. The minimum Gasteiger partial charge on any atom is -0.373 e. The number of halogens is 2. The summed E-state index contributed by atoms with van der Waals surface area (Å²) < 4.78 is 52.0. The van der Waals surface area contributed by atoms with Gasteiger partial charge in [0, 0.05) is 61.3 Å². The molecule has 3 aliphatic rings. The number of nitrogens with zero attached hydrogens (tertiary/aromatic N) is 2. The summed E-state index contributed by atoms with van der Waals surface area (Å²) in [6, 6.07) is 7.13. The van der Waals surface area contributed by atoms with E-state index in [0.29, 0.717) is 42.3 Å². The van der Waals surface area contributed by atoms with E-state index in [1.54, 1.807) is 12.1 Å². The second-order valence-corrected chi connectivity index (χ2v) is 11.7. The van der Waals surface area contributed by atoms with Crippen LogP contribution >= 0.6 is 0 Å². The number of benzene rings is 2. The summed E-state index contributed by atoms with van der Waals surface area (Å²) in [5.41, 5.74) is 3.03. The van der Waals surface area contributed by atoms with Crippen LogP contribution in [0.3, 0.4) is 0 Å². The smallest absolute Gasteiger partial charge is 0.247 e. The van der Waals surface area contributed by atoms with Gasteiger partial charge >= 0.3 is 0 Å². The van der Waals surface area contributed by atoms with Gasteiger partial charge in [-0.3, -0.25) is 9.69 Å². The summed E-state index contributed by atoms with van der Waals surface area (Å²) in [4.78, 5) is 17.1. The molecule has 2 fully saturated rings. The van der Waals surface area contributed by atoms with Crippen LogP contribution in [0.1, 0.15) is 17.5 Å². The van der Waals surface area contributed by atoms with Crippen molar-refractivity contribution in [1.29, 1.82) is 0 Å². The number of hydrogen-bond donors (Lipinski definition) is 2. The van der Waals surface area contributed by atoms with Crippen molar-refractivity contribution in [3.63, 3.8) is 0 Å². The Balaban J connectivity index is 1.24.